The van der Waals surface area contributed by atoms with Crippen LogP contribution in [0.5, 0.6) is 11.5 Å². The van der Waals surface area contributed by atoms with Gasteiger partial charge in [0.25, 0.3) is 0 Å². The molecule has 0 aliphatic rings. The first-order chi connectivity index (χ1) is 21.4. The number of amides is 3. The van der Waals surface area contributed by atoms with Gasteiger partial charge in [0.2, 0.25) is 5.91 Å². The number of hydrogen-bond acceptors (Lipinski definition) is 5. The first kappa shape index (κ1) is 29.6. The summed E-state index contributed by atoms with van der Waals surface area (Å²) in [6.45, 7) is 3.69. The molecule has 44 heavy (non-hydrogen) atoms. The predicted molar refractivity (Wildman–Crippen MR) is 174 cm³/mol. The molecule has 0 aromatic heterocycles. The van der Waals surface area contributed by atoms with Crippen LogP contribution in [0.1, 0.15) is 29.8 Å². The number of rotatable bonds is 9. The molecule has 5 aromatic rings. The smallest absolute Gasteiger partial charge is 0.340 e. The first-order valence-electron chi connectivity index (χ1n) is 14.1. The van der Waals surface area contributed by atoms with E-state index in [1.54, 1.807) is 43.3 Å². The molecule has 0 fully saturated rings. The topological polar surface area (TPSA) is 106 Å². The fraction of sp³-hybridized carbons (Fsp3) is 0.0833. The maximum absolute atomic E-state index is 13.0. The van der Waals surface area contributed by atoms with Crippen molar-refractivity contribution in [2.24, 2.45) is 0 Å². The number of benzene rings is 5. The van der Waals surface area contributed by atoms with E-state index in [0.717, 1.165) is 21.9 Å². The van der Waals surface area contributed by atoms with Crippen LogP contribution in [0.2, 0.25) is 0 Å². The van der Waals surface area contributed by atoms with Gasteiger partial charge in [-0.15, -0.1) is 0 Å². The molecule has 0 heterocycles. The van der Waals surface area contributed by atoms with Gasteiger partial charge in [0.05, 0.1) is 17.9 Å². The van der Waals surface area contributed by atoms with Crippen molar-refractivity contribution >= 4 is 51.3 Å². The van der Waals surface area contributed by atoms with Crippen molar-refractivity contribution in [3.8, 4) is 11.5 Å². The Bertz CT molecular complexity index is 1830. The molecule has 0 saturated carbocycles. The molecular formula is C36H31N3O5. The molecule has 8 heteroatoms. The van der Waals surface area contributed by atoms with E-state index in [-0.39, 0.29) is 17.9 Å². The monoisotopic (exact) mass is 585 g/mol. The van der Waals surface area contributed by atoms with Crippen molar-refractivity contribution in [1.82, 2.24) is 0 Å². The highest BCUT2D eigenvalue weighted by Crippen LogP contribution is 2.25. The summed E-state index contributed by atoms with van der Waals surface area (Å²) >= 11 is 0. The van der Waals surface area contributed by atoms with Crippen LogP contribution in [-0.2, 0) is 9.53 Å². The summed E-state index contributed by atoms with van der Waals surface area (Å²) < 4.78 is 11.0. The van der Waals surface area contributed by atoms with Crippen molar-refractivity contribution < 1.29 is 23.9 Å². The zero-order valence-corrected chi connectivity index (χ0v) is 24.3. The van der Waals surface area contributed by atoms with Crippen LogP contribution in [0, 0.1) is 0 Å². The van der Waals surface area contributed by atoms with E-state index >= 15 is 0 Å². The Labute approximate surface area is 255 Å². The molecule has 0 bridgehead atoms. The number of fused-ring (bicyclic) bond motifs is 1. The lowest BCUT2D eigenvalue weighted by molar-refractivity contribution is -0.111. The number of para-hydroxylation sites is 1. The highest BCUT2D eigenvalue weighted by Gasteiger charge is 2.16. The average Bonchev–Trinajstić information content (AvgIpc) is 3.03. The van der Waals surface area contributed by atoms with Crippen molar-refractivity contribution in [2.45, 2.75) is 13.8 Å². The van der Waals surface area contributed by atoms with Gasteiger partial charge in [-0.3, -0.25) is 4.79 Å². The molecule has 3 amide bonds. The number of ether oxygens (including phenoxy) is 2. The van der Waals surface area contributed by atoms with E-state index in [2.05, 4.69) is 16.0 Å². The van der Waals surface area contributed by atoms with Gasteiger partial charge < -0.3 is 25.4 Å². The van der Waals surface area contributed by atoms with Crippen molar-refractivity contribution in [3.05, 3.63) is 132 Å². The molecule has 0 unspecified atom stereocenters. The molecule has 3 N–H and O–H groups in total. The van der Waals surface area contributed by atoms with Crippen LogP contribution >= 0.6 is 0 Å². The second-order valence-corrected chi connectivity index (χ2v) is 9.88. The fourth-order valence-corrected chi connectivity index (χ4v) is 4.52. The van der Waals surface area contributed by atoms with Crippen molar-refractivity contribution in [1.29, 1.82) is 0 Å². The number of anilines is 3. The number of carbonyl (C=O) groups is 3. The maximum atomic E-state index is 13.0. The number of allylic oxidation sites excluding steroid dienone is 1. The number of carbonyl (C=O) groups excluding carboxylic acids is 3. The van der Waals surface area contributed by atoms with Crippen LogP contribution in [0.15, 0.2) is 121 Å². The average molecular weight is 586 g/mol. The van der Waals surface area contributed by atoms with Crippen LogP contribution < -0.4 is 20.7 Å². The molecule has 0 spiro atoms. The van der Waals surface area contributed by atoms with E-state index in [0.29, 0.717) is 22.9 Å². The van der Waals surface area contributed by atoms with Gasteiger partial charge in [-0.05, 0) is 96.4 Å². The van der Waals surface area contributed by atoms with E-state index < -0.39 is 17.9 Å². The minimum Gasteiger partial charge on any atom is -0.462 e. The maximum Gasteiger partial charge on any atom is 0.340 e. The van der Waals surface area contributed by atoms with Crippen molar-refractivity contribution in [3.63, 3.8) is 0 Å². The molecule has 5 rings (SSSR count). The Balaban J connectivity index is 1.25. The Morgan fingerprint density at radius 3 is 2.09 bits per heavy atom. The number of hydrogen-bond donors (Lipinski definition) is 3. The third-order valence-corrected chi connectivity index (χ3v) is 6.67. The second kappa shape index (κ2) is 13.8. The zero-order chi connectivity index (χ0) is 30.9. The Morgan fingerprint density at radius 1 is 0.682 bits per heavy atom. The van der Waals surface area contributed by atoms with Gasteiger partial charge in [-0.1, -0.05) is 54.6 Å². The summed E-state index contributed by atoms with van der Waals surface area (Å²) in [7, 11) is 0. The lowest BCUT2D eigenvalue weighted by atomic mass is 10.0. The van der Waals surface area contributed by atoms with Crippen LogP contribution in [-0.4, -0.2) is 24.5 Å². The zero-order valence-electron chi connectivity index (χ0n) is 24.3. The fourth-order valence-electron chi connectivity index (χ4n) is 4.52. The summed E-state index contributed by atoms with van der Waals surface area (Å²) in [6.07, 6.45) is 1.48. The third-order valence-electron chi connectivity index (χ3n) is 6.67. The summed E-state index contributed by atoms with van der Waals surface area (Å²) in [5.41, 5.74) is 2.93. The summed E-state index contributed by atoms with van der Waals surface area (Å²) in [4.78, 5) is 38.5. The lowest BCUT2D eigenvalue weighted by Gasteiger charge is -2.13. The highest BCUT2D eigenvalue weighted by atomic mass is 16.5. The standard InChI is InChI=1S/C36H31N3O5/c1-3-43-35(41)32-23-29(38-36(42)37-28-15-18-31(19-16-28)44-30-11-5-4-6-12-30)17-20-33(32)39-34(40)21-24(2)26-14-13-25-9-7-8-10-27(25)22-26/h4-23H,3H2,1-2H3,(H,39,40)(H2,37,38,42). The normalized spacial score (nSPS) is 11.0. The molecule has 0 aliphatic heterocycles. The summed E-state index contributed by atoms with van der Waals surface area (Å²) in [5.74, 6) is 0.302. The number of nitrogens with one attached hydrogen (secondary N) is 3. The molecule has 220 valence electrons. The van der Waals surface area contributed by atoms with Crippen LogP contribution in [0.25, 0.3) is 16.3 Å². The highest BCUT2D eigenvalue weighted by molar-refractivity contribution is 6.09. The molecule has 8 nitrogen and oxygen atoms in total. The Kier molecular flexibility index (Phi) is 9.32. The lowest BCUT2D eigenvalue weighted by Crippen LogP contribution is -2.20. The molecule has 5 aromatic carbocycles. The number of urea groups is 1. The van der Waals surface area contributed by atoms with E-state index in [9.17, 15) is 14.4 Å². The predicted octanol–water partition coefficient (Wildman–Crippen LogP) is 8.49. The SMILES string of the molecule is CCOC(=O)c1cc(NC(=O)Nc2ccc(Oc3ccccc3)cc2)ccc1NC(=O)C=C(C)c1ccc2ccccc2c1. The molecule has 0 atom stereocenters. The minimum absolute atomic E-state index is 0.108. The number of esters is 1. The van der Waals surface area contributed by atoms with Gasteiger partial charge in [0.15, 0.2) is 0 Å². The van der Waals surface area contributed by atoms with Gasteiger partial charge in [-0.2, -0.15) is 0 Å². The van der Waals surface area contributed by atoms with Gasteiger partial charge in [-0.25, -0.2) is 9.59 Å². The van der Waals surface area contributed by atoms with E-state index in [1.807, 2.05) is 79.7 Å². The minimum atomic E-state index is -0.629. The molecule has 0 aliphatic carbocycles. The van der Waals surface area contributed by atoms with E-state index in [1.165, 1.54) is 12.1 Å². The first-order valence-corrected chi connectivity index (χ1v) is 14.1. The summed E-state index contributed by atoms with van der Waals surface area (Å²) in [5, 5.41) is 10.4. The molecule has 0 saturated heterocycles. The largest absolute Gasteiger partial charge is 0.462 e. The molecular weight excluding hydrogens is 554 g/mol. The summed E-state index contributed by atoms with van der Waals surface area (Å²) in [6, 6.07) is 34.4. The van der Waals surface area contributed by atoms with Gasteiger partial charge in [0, 0.05) is 17.5 Å². The quantitative estimate of drug-likeness (QED) is 0.119. The van der Waals surface area contributed by atoms with E-state index in [4.69, 9.17) is 9.47 Å². The Morgan fingerprint density at radius 2 is 1.34 bits per heavy atom. The van der Waals surface area contributed by atoms with Crippen molar-refractivity contribution in [2.75, 3.05) is 22.6 Å². The Hall–Kier alpha value is -5.89. The third kappa shape index (κ3) is 7.68. The molecule has 0 radical (unpaired) electrons. The van der Waals surface area contributed by atoms with Crippen LogP contribution in [0.3, 0.4) is 0 Å². The van der Waals surface area contributed by atoms with Gasteiger partial charge >= 0.3 is 12.0 Å². The van der Waals surface area contributed by atoms with Gasteiger partial charge in [0.1, 0.15) is 11.5 Å². The second-order valence-electron chi connectivity index (χ2n) is 9.88. The van der Waals surface area contributed by atoms with Crippen LogP contribution in [0.4, 0.5) is 21.9 Å².